The lowest BCUT2D eigenvalue weighted by atomic mass is 10.1. The molecule has 0 aliphatic rings. The first-order valence-corrected chi connectivity index (χ1v) is 8.89. The number of halogens is 3. The number of alkyl halides is 2. The van der Waals surface area contributed by atoms with Crippen LogP contribution in [-0.4, -0.2) is 33.0 Å². The Bertz CT molecular complexity index is 1350. The van der Waals surface area contributed by atoms with Crippen LogP contribution in [0.25, 0.3) is 28.2 Å². The molecule has 11 heteroatoms. The molecule has 4 rings (SSSR count). The Morgan fingerprint density at radius 3 is 2.68 bits per heavy atom. The molecular weight excluding hydrogens is 415 g/mol. The monoisotopic (exact) mass is 429 g/mol. The van der Waals surface area contributed by atoms with Crippen molar-refractivity contribution in [1.82, 2.24) is 19.5 Å². The Kier molecular flexibility index (Phi) is 5.15. The van der Waals surface area contributed by atoms with Crippen molar-refractivity contribution in [1.29, 1.82) is 0 Å². The van der Waals surface area contributed by atoms with E-state index >= 15 is 0 Å². The van der Waals surface area contributed by atoms with Gasteiger partial charge in [-0.05, 0) is 24.3 Å². The van der Waals surface area contributed by atoms with Gasteiger partial charge in [-0.25, -0.2) is 32.5 Å². The standard InChI is InChI=1S/C20H14F3N5O3/c1-31-14-5-3-2-4-13(14)28-19-15(25-20(28)30)18(24-9-29)26-17(27-19)11-8-10(16(22)23)6-7-12(11)21/h2-9,16H,1H3,(H,25,30)(H,24,26,27,29). The summed E-state index contributed by atoms with van der Waals surface area (Å²) in [5.41, 5.74) is -0.982. The van der Waals surface area contributed by atoms with Crippen molar-refractivity contribution in [3.05, 3.63) is 64.3 Å². The SMILES string of the molecule is COc1ccccc1-n1c(=O)[nH]c2c(NC=O)nc(-c3cc(C(F)F)ccc3F)nc21. The number of carbonyl (C=O) groups is 1. The smallest absolute Gasteiger partial charge is 0.332 e. The zero-order valence-corrected chi connectivity index (χ0v) is 15.9. The molecule has 158 valence electrons. The summed E-state index contributed by atoms with van der Waals surface area (Å²) in [5, 5.41) is 2.32. The molecule has 0 spiro atoms. The second-order valence-electron chi connectivity index (χ2n) is 6.33. The van der Waals surface area contributed by atoms with Gasteiger partial charge in [0.15, 0.2) is 17.3 Å². The first-order chi connectivity index (χ1) is 14.9. The topological polar surface area (TPSA) is 102 Å². The summed E-state index contributed by atoms with van der Waals surface area (Å²) in [4.78, 5) is 34.6. The summed E-state index contributed by atoms with van der Waals surface area (Å²) < 4.78 is 47.2. The fourth-order valence-corrected chi connectivity index (χ4v) is 3.15. The number of fused-ring (bicyclic) bond motifs is 1. The Morgan fingerprint density at radius 2 is 1.97 bits per heavy atom. The van der Waals surface area contributed by atoms with Gasteiger partial charge in [0.25, 0.3) is 6.43 Å². The highest BCUT2D eigenvalue weighted by Crippen LogP contribution is 2.30. The van der Waals surface area contributed by atoms with Crippen molar-refractivity contribution in [2.75, 3.05) is 12.4 Å². The number of aromatic nitrogens is 4. The van der Waals surface area contributed by atoms with Gasteiger partial charge in [-0.1, -0.05) is 18.2 Å². The molecule has 1 amide bonds. The molecule has 0 aliphatic heterocycles. The molecule has 31 heavy (non-hydrogen) atoms. The number of imidazole rings is 1. The van der Waals surface area contributed by atoms with Gasteiger partial charge in [-0.2, -0.15) is 0 Å². The zero-order chi connectivity index (χ0) is 22.1. The van der Waals surface area contributed by atoms with Crippen molar-refractivity contribution >= 4 is 23.4 Å². The van der Waals surface area contributed by atoms with Crippen molar-refractivity contribution in [2.24, 2.45) is 0 Å². The highest BCUT2D eigenvalue weighted by atomic mass is 19.3. The molecule has 2 aromatic carbocycles. The number of H-pyrrole nitrogens is 1. The van der Waals surface area contributed by atoms with Crippen LogP contribution in [-0.2, 0) is 4.79 Å². The number of nitrogens with one attached hydrogen (secondary N) is 2. The van der Waals surface area contributed by atoms with E-state index < -0.39 is 23.5 Å². The summed E-state index contributed by atoms with van der Waals surface area (Å²) in [5.74, 6) is -0.911. The van der Waals surface area contributed by atoms with Crippen molar-refractivity contribution < 1.29 is 22.7 Å². The fraction of sp³-hybridized carbons (Fsp3) is 0.100. The second kappa shape index (κ2) is 7.94. The lowest BCUT2D eigenvalue weighted by Crippen LogP contribution is -2.15. The quantitative estimate of drug-likeness (QED) is 0.458. The molecule has 0 atom stereocenters. The van der Waals surface area contributed by atoms with Crippen molar-refractivity contribution in [3.8, 4) is 22.8 Å². The van der Waals surface area contributed by atoms with Crippen LogP contribution in [0.5, 0.6) is 5.75 Å². The van der Waals surface area contributed by atoms with Gasteiger partial charge < -0.3 is 15.0 Å². The van der Waals surface area contributed by atoms with Gasteiger partial charge >= 0.3 is 5.69 Å². The number of rotatable bonds is 6. The third-order valence-corrected chi connectivity index (χ3v) is 4.54. The molecule has 0 fully saturated rings. The van der Waals surface area contributed by atoms with Crippen molar-refractivity contribution in [2.45, 2.75) is 6.43 Å². The minimum atomic E-state index is -2.84. The number of methoxy groups -OCH3 is 1. The van der Waals surface area contributed by atoms with Crippen LogP contribution in [0.1, 0.15) is 12.0 Å². The van der Waals surface area contributed by atoms with Crippen LogP contribution in [0, 0.1) is 5.82 Å². The fourth-order valence-electron chi connectivity index (χ4n) is 3.15. The van der Waals surface area contributed by atoms with Gasteiger partial charge in [-0.3, -0.25) is 4.79 Å². The van der Waals surface area contributed by atoms with Crippen molar-refractivity contribution in [3.63, 3.8) is 0 Å². The highest BCUT2D eigenvalue weighted by Gasteiger charge is 2.21. The predicted molar refractivity (Wildman–Crippen MR) is 106 cm³/mol. The molecule has 0 aliphatic carbocycles. The predicted octanol–water partition coefficient (Wildman–Crippen LogP) is 3.43. The summed E-state index contributed by atoms with van der Waals surface area (Å²) in [7, 11) is 1.42. The minimum absolute atomic E-state index is 0.00861. The zero-order valence-electron chi connectivity index (χ0n) is 15.9. The number of amides is 1. The highest BCUT2D eigenvalue weighted by molar-refractivity contribution is 5.91. The molecule has 0 saturated heterocycles. The van der Waals surface area contributed by atoms with E-state index in [2.05, 4.69) is 20.3 Å². The van der Waals surface area contributed by atoms with E-state index in [-0.39, 0.29) is 28.4 Å². The van der Waals surface area contributed by atoms with E-state index in [4.69, 9.17) is 4.74 Å². The van der Waals surface area contributed by atoms with E-state index in [1.807, 2.05) is 0 Å². The number of hydrogen-bond acceptors (Lipinski definition) is 5. The van der Waals surface area contributed by atoms with E-state index in [0.29, 0.717) is 17.8 Å². The van der Waals surface area contributed by atoms with Gasteiger partial charge in [0.05, 0.1) is 18.4 Å². The molecule has 2 N–H and O–H groups in total. The second-order valence-corrected chi connectivity index (χ2v) is 6.33. The summed E-state index contributed by atoms with van der Waals surface area (Å²) in [6.07, 6.45) is -2.52. The number of benzene rings is 2. The first-order valence-electron chi connectivity index (χ1n) is 8.89. The Labute approximate surface area is 172 Å². The number of carbonyl (C=O) groups excluding carboxylic acids is 1. The van der Waals surface area contributed by atoms with Crippen LogP contribution in [0.15, 0.2) is 47.3 Å². The van der Waals surface area contributed by atoms with Gasteiger partial charge in [0.1, 0.15) is 17.1 Å². The Balaban J connectivity index is 2.05. The number of ether oxygens (including phenoxy) is 1. The molecule has 8 nitrogen and oxygen atoms in total. The molecular formula is C20H14F3N5O3. The first kappa shape index (κ1) is 20.1. The van der Waals surface area contributed by atoms with Crippen LogP contribution in [0.2, 0.25) is 0 Å². The molecule has 0 bridgehead atoms. The van der Waals surface area contributed by atoms with Crippen LogP contribution >= 0.6 is 0 Å². The molecule has 4 aromatic rings. The van der Waals surface area contributed by atoms with Crippen LogP contribution in [0.3, 0.4) is 0 Å². The lowest BCUT2D eigenvalue weighted by molar-refractivity contribution is -0.105. The maximum absolute atomic E-state index is 14.5. The maximum Gasteiger partial charge on any atom is 0.332 e. The molecule has 0 radical (unpaired) electrons. The van der Waals surface area contributed by atoms with Crippen LogP contribution in [0.4, 0.5) is 19.0 Å². The summed E-state index contributed by atoms with van der Waals surface area (Å²) in [6.45, 7) is 0. The van der Waals surface area contributed by atoms with Gasteiger partial charge in [-0.15, -0.1) is 0 Å². The molecule has 0 saturated carbocycles. The molecule has 2 heterocycles. The number of anilines is 1. The third kappa shape index (κ3) is 3.50. The third-order valence-electron chi connectivity index (χ3n) is 4.54. The minimum Gasteiger partial charge on any atom is -0.495 e. The van der Waals surface area contributed by atoms with Gasteiger partial charge in [0, 0.05) is 5.56 Å². The van der Waals surface area contributed by atoms with E-state index in [1.165, 1.54) is 7.11 Å². The summed E-state index contributed by atoms with van der Waals surface area (Å²) >= 11 is 0. The number of hydrogen-bond donors (Lipinski definition) is 2. The number of nitrogens with zero attached hydrogens (tertiary/aromatic N) is 3. The maximum atomic E-state index is 14.5. The lowest BCUT2D eigenvalue weighted by Gasteiger charge is -2.11. The van der Waals surface area contributed by atoms with Crippen LogP contribution < -0.4 is 15.7 Å². The largest absolute Gasteiger partial charge is 0.495 e. The Hall–Kier alpha value is -4.15. The average Bonchev–Trinajstić information content (AvgIpc) is 3.09. The van der Waals surface area contributed by atoms with E-state index in [0.717, 1.165) is 22.8 Å². The Morgan fingerprint density at radius 1 is 1.19 bits per heavy atom. The normalized spacial score (nSPS) is 11.1. The number of aromatic amines is 1. The van der Waals surface area contributed by atoms with E-state index in [1.54, 1.807) is 24.3 Å². The average molecular weight is 429 g/mol. The molecule has 0 unspecified atom stereocenters. The molecule has 2 aromatic heterocycles. The summed E-state index contributed by atoms with van der Waals surface area (Å²) in [6, 6.07) is 9.34. The van der Waals surface area contributed by atoms with Gasteiger partial charge in [0.2, 0.25) is 6.41 Å². The van der Waals surface area contributed by atoms with E-state index in [9.17, 15) is 22.8 Å². The number of para-hydroxylation sites is 2.